The summed E-state index contributed by atoms with van der Waals surface area (Å²) in [5.74, 6) is 1.38. The second kappa shape index (κ2) is 8.18. The van der Waals surface area contributed by atoms with E-state index in [1.54, 1.807) is 6.92 Å². The molecule has 0 bridgehead atoms. The number of nitrogens with one attached hydrogen (secondary N) is 1. The summed E-state index contributed by atoms with van der Waals surface area (Å²) < 4.78 is 13.0. The van der Waals surface area contributed by atoms with Gasteiger partial charge < -0.3 is 13.8 Å². The molecular formula is C22H22N4O3. The minimum Gasteiger partial charge on any atom is -0.489 e. The van der Waals surface area contributed by atoms with Crippen molar-refractivity contribution in [3.8, 4) is 5.75 Å². The highest BCUT2D eigenvalue weighted by Gasteiger charge is 2.22. The van der Waals surface area contributed by atoms with Crippen LogP contribution in [0.1, 0.15) is 35.2 Å². The van der Waals surface area contributed by atoms with Crippen molar-refractivity contribution in [2.75, 3.05) is 5.32 Å². The number of carbonyl (C=O) groups excluding carboxylic acids is 1. The number of aromatic nitrogens is 3. The van der Waals surface area contributed by atoms with Crippen LogP contribution in [0, 0.1) is 6.92 Å². The van der Waals surface area contributed by atoms with Gasteiger partial charge in [-0.2, -0.15) is 0 Å². The average Bonchev–Trinajstić information content (AvgIpc) is 3.28. The van der Waals surface area contributed by atoms with Gasteiger partial charge in [0.2, 0.25) is 5.95 Å². The number of imidazole rings is 1. The van der Waals surface area contributed by atoms with Gasteiger partial charge in [-0.25, -0.2) is 4.98 Å². The van der Waals surface area contributed by atoms with Crippen LogP contribution in [0.2, 0.25) is 0 Å². The largest absolute Gasteiger partial charge is 0.489 e. The van der Waals surface area contributed by atoms with Crippen LogP contribution in [-0.2, 0) is 13.2 Å². The summed E-state index contributed by atoms with van der Waals surface area (Å²) in [4.78, 5) is 17.5. The van der Waals surface area contributed by atoms with Crippen molar-refractivity contribution in [2.45, 2.75) is 33.4 Å². The molecule has 0 spiro atoms. The zero-order valence-electron chi connectivity index (χ0n) is 16.4. The third-order valence-electron chi connectivity index (χ3n) is 4.65. The van der Waals surface area contributed by atoms with E-state index in [0.717, 1.165) is 24.0 Å². The lowest BCUT2D eigenvalue weighted by Crippen LogP contribution is -2.18. The van der Waals surface area contributed by atoms with Crippen molar-refractivity contribution in [3.05, 3.63) is 71.6 Å². The Kier molecular flexibility index (Phi) is 5.29. The number of carbonyl (C=O) groups is 1. The van der Waals surface area contributed by atoms with Crippen LogP contribution in [-0.4, -0.2) is 20.6 Å². The van der Waals surface area contributed by atoms with Crippen molar-refractivity contribution < 1.29 is 14.1 Å². The molecule has 2 heterocycles. The quantitative estimate of drug-likeness (QED) is 0.500. The van der Waals surface area contributed by atoms with Crippen molar-refractivity contribution in [1.29, 1.82) is 0 Å². The van der Waals surface area contributed by atoms with E-state index >= 15 is 0 Å². The zero-order chi connectivity index (χ0) is 20.2. The van der Waals surface area contributed by atoms with E-state index in [-0.39, 0.29) is 18.2 Å². The predicted octanol–water partition coefficient (Wildman–Crippen LogP) is 4.57. The van der Waals surface area contributed by atoms with Crippen LogP contribution < -0.4 is 10.1 Å². The summed E-state index contributed by atoms with van der Waals surface area (Å²) >= 11 is 0. The predicted molar refractivity (Wildman–Crippen MR) is 110 cm³/mol. The first-order chi connectivity index (χ1) is 14.2. The van der Waals surface area contributed by atoms with Crippen LogP contribution in [0.15, 0.2) is 59.1 Å². The second-order valence-corrected chi connectivity index (χ2v) is 6.70. The number of para-hydroxylation sites is 3. The second-order valence-electron chi connectivity index (χ2n) is 6.70. The van der Waals surface area contributed by atoms with E-state index in [0.29, 0.717) is 23.0 Å². The fourth-order valence-electron chi connectivity index (χ4n) is 3.19. The van der Waals surface area contributed by atoms with Gasteiger partial charge in [-0.1, -0.05) is 42.4 Å². The van der Waals surface area contributed by atoms with E-state index in [2.05, 4.69) is 22.4 Å². The number of ether oxygens (including phenoxy) is 1. The molecular weight excluding hydrogens is 368 g/mol. The van der Waals surface area contributed by atoms with Gasteiger partial charge in [0.15, 0.2) is 5.69 Å². The lowest BCUT2D eigenvalue weighted by atomic mass is 10.2. The van der Waals surface area contributed by atoms with Crippen molar-refractivity contribution in [1.82, 2.24) is 14.7 Å². The van der Waals surface area contributed by atoms with E-state index in [1.807, 2.05) is 59.2 Å². The Hall–Kier alpha value is -3.61. The summed E-state index contributed by atoms with van der Waals surface area (Å²) in [7, 11) is 0. The highest BCUT2D eigenvalue weighted by atomic mass is 16.5. The summed E-state index contributed by atoms with van der Waals surface area (Å²) in [6.07, 6.45) is 0.919. The number of fused-ring (bicyclic) bond motifs is 1. The minimum absolute atomic E-state index is 0.188. The number of hydrogen-bond donors (Lipinski definition) is 1. The molecule has 1 amide bonds. The Morgan fingerprint density at radius 3 is 2.69 bits per heavy atom. The average molecular weight is 390 g/mol. The Labute approximate surface area is 168 Å². The maximum absolute atomic E-state index is 13.0. The molecule has 29 heavy (non-hydrogen) atoms. The Balaban J connectivity index is 1.58. The van der Waals surface area contributed by atoms with Gasteiger partial charge in [-0.05, 0) is 37.6 Å². The standard InChI is InChI=1S/C22H22N4O3/c1-3-13-26-19-12-8-7-11-18(19)23-22(26)24-21(27)20-17(15(2)29-25-20)14-28-16-9-5-4-6-10-16/h4-12H,3,13-14H2,1-2H3,(H,23,24,27). The number of benzene rings is 2. The fraction of sp³-hybridized carbons (Fsp3) is 0.227. The normalized spacial score (nSPS) is 11.0. The molecule has 1 N–H and O–H groups in total. The molecule has 0 atom stereocenters. The smallest absolute Gasteiger partial charge is 0.280 e. The van der Waals surface area contributed by atoms with E-state index in [4.69, 9.17) is 9.26 Å². The van der Waals surface area contributed by atoms with Crippen molar-refractivity contribution >= 4 is 22.9 Å². The van der Waals surface area contributed by atoms with Crippen LogP contribution in [0.4, 0.5) is 5.95 Å². The first kappa shape index (κ1) is 18.7. The zero-order valence-corrected chi connectivity index (χ0v) is 16.4. The van der Waals surface area contributed by atoms with Gasteiger partial charge >= 0.3 is 0 Å². The topological polar surface area (TPSA) is 82.2 Å². The molecule has 148 valence electrons. The number of rotatable bonds is 7. The third kappa shape index (κ3) is 3.85. The summed E-state index contributed by atoms with van der Waals surface area (Å²) in [5, 5.41) is 6.84. The van der Waals surface area contributed by atoms with Gasteiger partial charge in [0, 0.05) is 6.54 Å². The Bertz CT molecular complexity index is 1130. The van der Waals surface area contributed by atoms with Crippen molar-refractivity contribution in [3.63, 3.8) is 0 Å². The third-order valence-corrected chi connectivity index (χ3v) is 4.65. The molecule has 2 aromatic heterocycles. The highest BCUT2D eigenvalue weighted by molar-refractivity contribution is 6.03. The monoisotopic (exact) mass is 390 g/mol. The molecule has 0 aliphatic heterocycles. The molecule has 0 radical (unpaired) electrons. The fourth-order valence-corrected chi connectivity index (χ4v) is 3.19. The number of nitrogens with zero attached hydrogens (tertiary/aromatic N) is 3. The van der Waals surface area contributed by atoms with Gasteiger partial charge in [0.05, 0.1) is 16.6 Å². The van der Waals surface area contributed by atoms with Crippen LogP contribution in [0.3, 0.4) is 0 Å². The van der Waals surface area contributed by atoms with Gasteiger partial charge in [0.25, 0.3) is 5.91 Å². The number of amides is 1. The van der Waals surface area contributed by atoms with Crippen LogP contribution >= 0.6 is 0 Å². The van der Waals surface area contributed by atoms with E-state index < -0.39 is 0 Å². The molecule has 0 saturated heterocycles. The van der Waals surface area contributed by atoms with Gasteiger partial charge in [-0.3, -0.25) is 10.1 Å². The van der Waals surface area contributed by atoms with Gasteiger partial charge in [-0.15, -0.1) is 0 Å². The molecule has 7 heteroatoms. The number of hydrogen-bond acceptors (Lipinski definition) is 5. The summed E-state index contributed by atoms with van der Waals surface area (Å²) in [6, 6.07) is 17.2. The first-order valence-corrected chi connectivity index (χ1v) is 9.57. The molecule has 0 aliphatic rings. The van der Waals surface area contributed by atoms with Crippen LogP contribution in [0.5, 0.6) is 5.75 Å². The molecule has 4 rings (SSSR count). The lowest BCUT2D eigenvalue weighted by molar-refractivity contribution is 0.101. The van der Waals surface area contributed by atoms with Gasteiger partial charge in [0.1, 0.15) is 18.1 Å². The number of anilines is 1. The molecule has 2 aromatic carbocycles. The molecule has 0 fully saturated rings. The molecule has 4 aromatic rings. The molecule has 0 aliphatic carbocycles. The molecule has 7 nitrogen and oxygen atoms in total. The molecule has 0 saturated carbocycles. The maximum atomic E-state index is 13.0. The Morgan fingerprint density at radius 1 is 1.14 bits per heavy atom. The van der Waals surface area contributed by atoms with E-state index in [9.17, 15) is 4.79 Å². The molecule has 0 unspecified atom stereocenters. The van der Waals surface area contributed by atoms with Crippen molar-refractivity contribution in [2.24, 2.45) is 0 Å². The minimum atomic E-state index is -0.374. The maximum Gasteiger partial charge on any atom is 0.280 e. The SMILES string of the molecule is CCCn1c(NC(=O)c2noc(C)c2COc2ccccc2)nc2ccccc21. The van der Waals surface area contributed by atoms with E-state index in [1.165, 1.54) is 0 Å². The number of aryl methyl sites for hydroxylation is 2. The highest BCUT2D eigenvalue weighted by Crippen LogP contribution is 2.22. The first-order valence-electron chi connectivity index (χ1n) is 9.57. The lowest BCUT2D eigenvalue weighted by Gasteiger charge is -2.09. The summed E-state index contributed by atoms with van der Waals surface area (Å²) in [6.45, 7) is 4.78. The van der Waals surface area contributed by atoms with Crippen LogP contribution in [0.25, 0.3) is 11.0 Å². The summed E-state index contributed by atoms with van der Waals surface area (Å²) in [5.41, 5.74) is 2.63. The Morgan fingerprint density at radius 2 is 1.90 bits per heavy atom.